The number of aryl methyl sites for hydroxylation is 1. The van der Waals surface area contributed by atoms with Gasteiger partial charge in [-0.15, -0.1) is 11.8 Å². The van der Waals surface area contributed by atoms with Gasteiger partial charge in [-0.2, -0.15) is 0 Å². The minimum Gasteiger partial charge on any atom is -0.478 e. The zero-order valence-electron chi connectivity index (χ0n) is 16.2. The van der Waals surface area contributed by atoms with E-state index in [1.165, 1.54) is 23.9 Å². The Morgan fingerprint density at radius 2 is 1.43 bits per heavy atom. The highest BCUT2D eigenvalue weighted by atomic mass is 32.2. The number of thioether (sulfide) groups is 1. The summed E-state index contributed by atoms with van der Waals surface area (Å²) in [4.78, 5) is 36.2. The van der Waals surface area contributed by atoms with Crippen molar-refractivity contribution in [3.8, 4) is 0 Å². The molecule has 2 amide bonds. The zero-order chi connectivity index (χ0) is 21.5. The number of nitrogens with one attached hydrogen (secondary N) is 2. The van der Waals surface area contributed by atoms with Gasteiger partial charge in [0.1, 0.15) is 0 Å². The van der Waals surface area contributed by atoms with Gasteiger partial charge in [-0.25, -0.2) is 4.79 Å². The molecule has 3 aromatic carbocycles. The van der Waals surface area contributed by atoms with Crippen molar-refractivity contribution in [1.82, 2.24) is 0 Å². The molecule has 0 saturated carbocycles. The molecule has 0 aromatic heterocycles. The molecule has 152 valence electrons. The van der Waals surface area contributed by atoms with Crippen LogP contribution in [-0.4, -0.2) is 28.6 Å². The normalized spacial score (nSPS) is 10.3. The van der Waals surface area contributed by atoms with Gasteiger partial charge in [0.05, 0.1) is 11.3 Å². The van der Waals surface area contributed by atoms with Crippen molar-refractivity contribution < 1.29 is 19.5 Å². The summed E-state index contributed by atoms with van der Waals surface area (Å²) >= 11 is 1.36. The summed E-state index contributed by atoms with van der Waals surface area (Å²) in [5.41, 5.74) is 2.92. The average molecular weight is 420 g/mol. The molecule has 0 aliphatic heterocycles. The molecule has 0 heterocycles. The van der Waals surface area contributed by atoms with E-state index in [4.69, 9.17) is 5.11 Å². The summed E-state index contributed by atoms with van der Waals surface area (Å²) < 4.78 is 0. The van der Waals surface area contributed by atoms with E-state index < -0.39 is 5.97 Å². The van der Waals surface area contributed by atoms with Gasteiger partial charge in [-0.1, -0.05) is 18.2 Å². The molecule has 0 atom stereocenters. The molecular weight excluding hydrogens is 400 g/mol. The van der Waals surface area contributed by atoms with E-state index in [1.807, 2.05) is 37.3 Å². The highest BCUT2D eigenvalue weighted by molar-refractivity contribution is 8.00. The number of rotatable bonds is 7. The van der Waals surface area contributed by atoms with E-state index in [0.29, 0.717) is 16.9 Å². The molecule has 6 nitrogen and oxygen atoms in total. The first-order valence-electron chi connectivity index (χ1n) is 9.15. The molecule has 0 radical (unpaired) electrons. The number of hydrogen-bond acceptors (Lipinski definition) is 4. The molecule has 0 spiro atoms. The third-order valence-electron chi connectivity index (χ3n) is 4.29. The third-order valence-corrected chi connectivity index (χ3v) is 5.30. The number of carboxylic acid groups (broad SMARTS) is 1. The van der Waals surface area contributed by atoms with Crippen molar-refractivity contribution in [3.05, 3.63) is 89.5 Å². The van der Waals surface area contributed by atoms with Crippen LogP contribution in [0.15, 0.2) is 77.7 Å². The maximum atomic E-state index is 12.4. The second-order valence-corrected chi connectivity index (χ2v) is 7.56. The Hall–Kier alpha value is -3.58. The van der Waals surface area contributed by atoms with Crippen LogP contribution in [-0.2, 0) is 4.79 Å². The first-order chi connectivity index (χ1) is 14.4. The van der Waals surface area contributed by atoms with Crippen LogP contribution in [0.1, 0.15) is 26.3 Å². The number of carbonyl (C=O) groups excluding carboxylic acids is 2. The van der Waals surface area contributed by atoms with Crippen LogP contribution >= 0.6 is 11.8 Å². The number of carboxylic acids is 1. The minimum absolute atomic E-state index is 0.164. The Balaban J connectivity index is 1.50. The van der Waals surface area contributed by atoms with Crippen molar-refractivity contribution >= 4 is 40.9 Å². The summed E-state index contributed by atoms with van der Waals surface area (Å²) in [6, 6.07) is 20.6. The van der Waals surface area contributed by atoms with Crippen LogP contribution in [0.25, 0.3) is 0 Å². The minimum atomic E-state index is -1.01. The molecule has 3 rings (SSSR count). The molecule has 0 aliphatic carbocycles. The quantitative estimate of drug-likeness (QED) is 0.483. The number of benzene rings is 3. The second-order valence-electron chi connectivity index (χ2n) is 6.51. The van der Waals surface area contributed by atoms with Crippen molar-refractivity contribution in [1.29, 1.82) is 0 Å². The summed E-state index contributed by atoms with van der Waals surface area (Å²) in [5, 5.41) is 14.5. The Bertz CT molecular complexity index is 1060. The van der Waals surface area contributed by atoms with Gasteiger partial charge >= 0.3 is 5.97 Å². The van der Waals surface area contributed by atoms with E-state index in [0.717, 1.165) is 10.5 Å². The monoisotopic (exact) mass is 420 g/mol. The molecule has 30 heavy (non-hydrogen) atoms. The van der Waals surface area contributed by atoms with E-state index in [2.05, 4.69) is 10.6 Å². The number of hydrogen-bond donors (Lipinski definition) is 3. The second kappa shape index (κ2) is 9.76. The fraction of sp³-hybridized carbons (Fsp3) is 0.0870. The van der Waals surface area contributed by atoms with Crippen molar-refractivity contribution in [2.45, 2.75) is 11.8 Å². The number of anilines is 2. The van der Waals surface area contributed by atoms with Crippen molar-refractivity contribution in [2.24, 2.45) is 0 Å². The molecule has 3 N–H and O–H groups in total. The fourth-order valence-corrected chi connectivity index (χ4v) is 3.40. The van der Waals surface area contributed by atoms with Crippen LogP contribution < -0.4 is 10.6 Å². The smallest absolute Gasteiger partial charge is 0.335 e. The lowest BCUT2D eigenvalue weighted by Gasteiger charge is -2.09. The van der Waals surface area contributed by atoms with Gasteiger partial charge in [-0.3, -0.25) is 9.59 Å². The maximum Gasteiger partial charge on any atom is 0.335 e. The van der Waals surface area contributed by atoms with Gasteiger partial charge < -0.3 is 15.7 Å². The number of carbonyl (C=O) groups is 3. The molecule has 0 bridgehead atoms. The molecular formula is C23H20N2O4S. The lowest BCUT2D eigenvalue weighted by molar-refractivity contribution is -0.113. The van der Waals surface area contributed by atoms with E-state index in [9.17, 15) is 14.4 Å². The van der Waals surface area contributed by atoms with E-state index in [1.54, 1.807) is 30.3 Å². The molecule has 0 saturated heterocycles. The maximum absolute atomic E-state index is 12.4. The largest absolute Gasteiger partial charge is 0.478 e. The Morgan fingerprint density at radius 1 is 0.833 bits per heavy atom. The molecule has 7 heteroatoms. The van der Waals surface area contributed by atoms with Crippen LogP contribution in [0.3, 0.4) is 0 Å². The summed E-state index contributed by atoms with van der Waals surface area (Å²) in [7, 11) is 0. The first kappa shape index (κ1) is 21.1. The van der Waals surface area contributed by atoms with Crippen LogP contribution in [0, 0.1) is 6.92 Å². The molecule has 0 unspecified atom stereocenters. The summed E-state index contributed by atoms with van der Waals surface area (Å²) in [6.45, 7) is 1.89. The third kappa shape index (κ3) is 5.71. The predicted octanol–water partition coefficient (Wildman–Crippen LogP) is 4.68. The van der Waals surface area contributed by atoms with Crippen molar-refractivity contribution in [3.63, 3.8) is 0 Å². The number of aromatic carboxylic acids is 1. The number of amides is 2. The predicted molar refractivity (Wildman–Crippen MR) is 118 cm³/mol. The van der Waals surface area contributed by atoms with Gasteiger partial charge in [0, 0.05) is 21.8 Å². The highest BCUT2D eigenvalue weighted by Gasteiger charge is 2.09. The fourth-order valence-electron chi connectivity index (χ4n) is 2.70. The highest BCUT2D eigenvalue weighted by Crippen LogP contribution is 2.21. The summed E-state index contributed by atoms with van der Waals surface area (Å²) in [6.07, 6.45) is 0. The van der Waals surface area contributed by atoms with Crippen LogP contribution in [0.5, 0.6) is 0 Å². The van der Waals surface area contributed by atoms with Crippen molar-refractivity contribution in [2.75, 3.05) is 16.4 Å². The van der Waals surface area contributed by atoms with E-state index >= 15 is 0 Å². The Labute approximate surface area is 178 Å². The van der Waals surface area contributed by atoms with Crippen LogP contribution in [0.2, 0.25) is 0 Å². The standard InChI is InChI=1S/C23H20N2O4S/c1-15-4-2-3-5-20(15)22(27)25-18-10-12-19(13-11-18)30-14-21(26)24-17-8-6-16(7-9-17)23(28)29/h2-13H,14H2,1H3,(H,24,26)(H,25,27)(H,28,29). The van der Waals surface area contributed by atoms with Crippen LogP contribution in [0.4, 0.5) is 11.4 Å². The van der Waals surface area contributed by atoms with Gasteiger partial charge in [0.2, 0.25) is 5.91 Å². The lowest BCUT2D eigenvalue weighted by atomic mass is 10.1. The Kier molecular flexibility index (Phi) is 6.87. The lowest BCUT2D eigenvalue weighted by Crippen LogP contribution is -2.14. The van der Waals surface area contributed by atoms with Gasteiger partial charge in [0.25, 0.3) is 5.91 Å². The molecule has 0 aliphatic rings. The Morgan fingerprint density at radius 3 is 2.07 bits per heavy atom. The average Bonchev–Trinajstić information content (AvgIpc) is 2.74. The van der Waals surface area contributed by atoms with Gasteiger partial charge in [-0.05, 0) is 67.1 Å². The molecule has 0 fully saturated rings. The first-order valence-corrected chi connectivity index (χ1v) is 10.1. The SMILES string of the molecule is Cc1ccccc1C(=O)Nc1ccc(SCC(=O)Nc2ccc(C(=O)O)cc2)cc1. The van der Waals surface area contributed by atoms with Gasteiger partial charge in [0.15, 0.2) is 0 Å². The molecule has 3 aromatic rings. The zero-order valence-corrected chi connectivity index (χ0v) is 17.0. The van der Waals surface area contributed by atoms with E-state index in [-0.39, 0.29) is 23.1 Å². The topological polar surface area (TPSA) is 95.5 Å². The summed E-state index contributed by atoms with van der Waals surface area (Å²) in [5.74, 6) is -1.17.